The number of ether oxygens (including phenoxy) is 1. The lowest BCUT2D eigenvalue weighted by Gasteiger charge is -2.30. The molecule has 1 aromatic carbocycles. The summed E-state index contributed by atoms with van der Waals surface area (Å²) in [6.45, 7) is 6.11. The highest BCUT2D eigenvalue weighted by Crippen LogP contribution is 2.61. The lowest BCUT2D eigenvalue weighted by molar-refractivity contribution is -0.140. The number of sulfonamides is 1. The second-order valence-electron chi connectivity index (χ2n) is 12.5. The van der Waals surface area contributed by atoms with Crippen LogP contribution in [0.2, 0.25) is 0 Å². The molecule has 0 radical (unpaired) electrons. The van der Waals surface area contributed by atoms with Gasteiger partial charge in [0.1, 0.15) is 0 Å². The first-order valence-corrected chi connectivity index (χ1v) is 17.2. The molecule has 238 valence electrons. The number of aliphatic hydroxyl groups excluding tert-OH is 2. The minimum atomic E-state index is -3.52. The predicted molar refractivity (Wildman–Crippen MR) is 170 cm³/mol. The van der Waals surface area contributed by atoms with Gasteiger partial charge in [-0.15, -0.1) is 11.8 Å². The Hall–Kier alpha value is -2.44. The average molecular weight is 614 g/mol. The number of aryl methyl sites for hydroxylation is 1. The molecule has 3 rings (SSSR count). The van der Waals surface area contributed by atoms with Gasteiger partial charge in [-0.25, -0.2) is 13.1 Å². The van der Waals surface area contributed by atoms with Crippen LogP contribution in [-0.4, -0.2) is 50.5 Å². The quantitative estimate of drug-likeness (QED) is 0.0934. The van der Waals surface area contributed by atoms with Crippen LogP contribution in [0.1, 0.15) is 90.0 Å². The van der Waals surface area contributed by atoms with E-state index in [1.807, 2.05) is 26.0 Å². The molecule has 2 aliphatic carbocycles. The molecule has 6 atom stereocenters. The molecule has 0 amide bonds. The molecule has 3 N–H and O–H groups in total. The Kier molecular flexibility index (Phi) is 13.5. The molecular formula is C35H51NO6S. The van der Waals surface area contributed by atoms with E-state index in [-0.39, 0.29) is 34.0 Å². The molecule has 0 heterocycles. The fourth-order valence-corrected chi connectivity index (χ4v) is 7.87. The normalized spacial score (nSPS) is 25.8. The largest absolute Gasteiger partial charge is 0.469 e. The first kappa shape index (κ1) is 35.0. The van der Waals surface area contributed by atoms with E-state index >= 15 is 0 Å². The van der Waals surface area contributed by atoms with E-state index in [9.17, 15) is 23.4 Å². The Morgan fingerprint density at radius 1 is 1.21 bits per heavy atom. The van der Waals surface area contributed by atoms with Gasteiger partial charge in [-0.05, 0) is 88.2 Å². The number of unbranched alkanes of at least 4 members (excludes halogenated alkanes) is 3. The molecule has 2 fully saturated rings. The van der Waals surface area contributed by atoms with Gasteiger partial charge in [-0.2, -0.15) is 0 Å². The van der Waals surface area contributed by atoms with Gasteiger partial charge in [-0.1, -0.05) is 61.3 Å². The third-order valence-corrected chi connectivity index (χ3v) is 10.8. The van der Waals surface area contributed by atoms with E-state index in [0.29, 0.717) is 19.4 Å². The first-order chi connectivity index (χ1) is 20.5. The molecule has 2 aliphatic rings. The van der Waals surface area contributed by atoms with Crippen molar-refractivity contribution in [3.63, 3.8) is 0 Å². The summed E-state index contributed by atoms with van der Waals surface area (Å²) in [4.78, 5) is 11.8. The number of nitrogens with one attached hydrogen (secondary N) is 1. The van der Waals surface area contributed by atoms with Gasteiger partial charge in [0.05, 0.1) is 24.2 Å². The van der Waals surface area contributed by atoms with Crippen molar-refractivity contribution in [2.24, 2.45) is 23.2 Å². The Morgan fingerprint density at radius 3 is 2.65 bits per heavy atom. The summed E-state index contributed by atoms with van der Waals surface area (Å²) in [5.74, 6) is 6.01. The van der Waals surface area contributed by atoms with Crippen molar-refractivity contribution in [3.8, 4) is 11.8 Å². The summed E-state index contributed by atoms with van der Waals surface area (Å²) in [7, 11) is -2.10. The van der Waals surface area contributed by atoms with Crippen LogP contribution in [0, 0.1) is 41.9 Å². The number of fused-ring (bicyclic) bond motifs is 1. The Balaban J connectivity index is 1.61. The van der Waals surface area contributed by atoms with Crippen molar-refractivity contribution >= 4 is 16.0 Å². The molecule has 8 heteroatoms. The van der Waals surface area contributed by atoms with Crippen LogP contribution < -0.4 is 4.72 Å². The number of carbonyl (C=O) groups excluding carboxylic acids is 1. The highest BCUT2D eigenvalue weighted by molar-refractivity contribution is 7.89. The number of carbonyl (C=O) groups is 1. The lowest BCUT2D eigenvalue weighted by Crippen LogP contribution is -2.25. The number of allylic oxidation sites excluding steroid dienone is 2. The van der Waals surface area contributed by atoms with E-state index in [2.05, 4.69) is 22.6 Å². The molecule has 0 spiro atoms. The molecule has 2 saturated carbocycles. The molecule has 0 saturated heterocycles. The first-order valence-electron chi connectivity index (χ1n) is 15.8. The Bertz CT molecular complexity index is 1280. The average Bonchev–Trinajstić information content (AvgIpc) is 3.45. The van der Waals surface area contributed by atoms with Crippen molar-refractivity contribution in [1.29, 1.82) is 0 Å². The van der Waals surface area contributed by atoms with Gasteiger partial charge >= 0.3 is 5.97 Å². The van der Waals surface area contributed by atoms with Crippen LogP contribution in [0.25, 0.3) is 0 Å². The van der Waals surface area contributed by atoms with Crippen LogP contribution in [0.3, 0.4) is 0 Å². The maximum absolute atomic E-state index is 12.6. The summed E-state index contributed by atoms with van der Waals surface area (Å²) in [6.07, 6.45) is 13.8. The van der Waals surface area contributed by atoms with Crippen molar-refractivity contribution in [3.05, 3.63) is 53.6 Å². The van der Waals surface area contributed by atoms with Gasteiger partial charge in [-0.3, -0.25) is 4.79 Å². The van der Waals surface area contributed by atoms with E-state index in [1.165, 1.54) is 12.7 Å². The summed E-state index contributed by atoms with van der Waals surface area (Å²) in [5, 5.41) is 21.9. The third kappa shape index (κ3) is 10.0. The summed E-state index contributed by atoms with van der Waals surface area (Å²) in [6, 6.07) is 6.86. The number of methoxy groups -OCH3 is 1. The molecule has 7 nitrogen and oxygen atoms in total. The number of esters is 1. The van der Waals surface area contributed by atoms with Crippen molar-refractivity contribution < 1.29 is 28.2 Å². The summed E-state index contributed by atoms with van der Waals surface area (Å²) in [5.41, 5.74) is 2.39. The zero-order valence-electron chi connectivity index (χ0n) is 26.3. The molecule has 0 aromatic heterocycles. The Labute approximate surface area is 259 Å². The van der Waals surface area contributed by atoms with Crippen molar-refractivity contribution in [2.75, 3.05) is 13.7 Å². The lowest BCUT2D eigenvalue weighted by atomic mass is 9.74. The number of benzene rings is 1. The van der Waals surface area contributed by atoms with Crippen molar-refractivity contribution in [1.82, 2.24) is 4.72 Å². The van der Waals surface area contributed by atoms with Crippen LogP contribution in [-0.2, 0) is 19.6 Å². The van der Waals surface area contributed by atoms with E-state index < -0.39 is 22.2 Å². The van der Waals surface area contributed by atoms with Gasteiger partial charge in [0, 0.05) is 25.3 Å². The number of rotatable bonds is 16. The second-order valence-corrected chi connectivity index (χ2v) is 14.3. The number of hydrogen-bond donors (Lipinski definition) is 3. The fraction of sp³-hybridized carbons (Fsp3) is 0.629. The second kappa shape index (κ2) is 16.6. The molecule has 0 unspecified atom stereocenters. The topological polar surface area (TPSA) is 113 Å². The van der Waals surface area contributed by atoms with Gasteiger partial charge in [0.2, 0.25) is 10.0 Å². The molecule has 43 heavy (non-hydrogen) atoms. The van der Waals surface area contributed by atoms with Gasteiger partial charge in [0.25, 0.3) is 0 Å². The van der Waals surface area contributed by atoms with Gasteiger partial charge < -0.3 is 14.9 Å². The minimum Gasteiger partial charge on any atom is -0.469 e. The summed E-state index contributed by atoms with van der Waals surface area (Å²) < 4.78 is 32.7. The number of hydrogen-bond acceptors (Lipinski definition) is 6. The van der Waals surface area contributed by atoms with Crippen LogP contribution in [0.4, 0.5) is 0 Å². The van der Waals surface area contributed by atoms with Crippen molar-refractivity contribution in [2.45, 2.75) is 109 Å². The van der Waals surface area contributed by atoms with Crippen LogP contribution in [0.5, 0.6) is 0 Å². The highest BCUT2D eigenvalue weighted by atomic mass is 32.2. The van der Waals surface area contributed by atoms with E-state index in [1.54, 1.807) is 31.2 Å². The molecular weight excluding hydrogens is 562 g/mol. The van der Waals surface area contributed by atoms with Crippen LogP contribution >= 0.6 is 0 Å². The maximum atomic E-state index is 12.6. The minimum absolute atomic E-state index is 0.0179. The third-order valence-electron chi connectivity index (χ3n) is 9.31. The molecule has 1 aromatic rings. The standard InChI is InChI=1S/C35H51NO6S/c1-5-6-12-27(3)32(37)20-19-30-31-23-28(13-8-9-14-34(39)42-4)24-35(31,25-33(30)38)21-10-7-11-22-36-43(40,41)29-17-15-26(2)16-18-29/h13,15-20,27,30-33,36-38H,7-12,14,21-25H2,1-4H3/b20-19+,28-13+/t27-,30+,31+,32+,33+,35-/m0/s1. The SMILES string of the molecule is CC#CC[C@H](C)[C@H](O)/C=C/[C@H]1[C@H](O)C[C@]2(CCCCCNS(=O)(=O)c3ccc(C)cc3)C/C(=C/CCCC(=O)OC)C[C@H]12. The summed E-state index contributed by atoms with van der Waals surface area (Å²) >= 11 is 0. The zero-order chi connectivity index (χ0) is 31.5. The van der Waals surface area contributed by atoms with E-state index in [4.69, 9.17) is 4.74 Å². The molecule has 0 aliphatic heterocycles. The highest BCUT2D eigenvalue weighted by Gasteiger charge is 2.55. The molecule has 0 bridgehead atoms. The van der Waals surface area contributed by atoms with Crippen LogP contribution in [0.15, 0.2) is 53.0 Å². The number of aliphatic hydroxyl groups is 2. The van der Waals surface area contributed by atoms with E-state index in [0.717, 1.165) is 63.4 Å². The monoisotopic (exact) mass is 613 g/mol. The predicted octanol–water partition coefficient (Wildman–Crippen LogP) is 5.85. The maximum Gasteiger partial charge on any atom is 0.305 e. The smallest absolute Gasteiger partial charge is 0.305 e. The zero-order valence-corrected chi connectivity index (χ0v) is 27.2. The Morgan fingerprint density at radius 2 is 1.95 bits per heavy atom. The van der Waals surface area contributed by atoms with Gasteiger partial charge in [0.15, 0.2) is 0 Å². The fourth-order valence-electron chi connectivity index (χ4n) is 6.79.